The molecule has 3 rings (SSSR count). The van der Waals surface area contributed by atoms with Crippen LogP contribution in [-0.4, -0.2) is 54.9 Å². The van der Waals surface area contributed by atoms with Crippen LogP contribution in [0.2, 0.25) is 0 Å². The number of nitrogens with zero attached hydrogens (tertiary/aromatic N) is 3. The van der Waals surface area contributed by atoms with Crippen molar-refractivity contribution in [2.24, 2.45) is 5.92 Å². The molecule has 3 atom stereocenters. The molecule has 0 radical (unpaired) electrons. The summed E-state index contributed by atoms with van der Waals surface area (Å²) in [4.78, 5) is 23.2. The van der Waals surface area contributed by atoms with E-state index in [1.54, 1.807) is 6.92 Å². The zero-order valence-corrected chi connectivity index (χ0v) is 15.9. The van der Waals surface area contributed by atoms with Crippen LogP contribution >= 0.6 is 0 Å². The summed E-state index contributed by atoms with van der Waals surface area (Å²) in [5, 5.41) is 6.16. The summed E-state index contributed by atoms with van der Waals surface area (Å²) in [7, 11) is -1.18. The van der Waals surface area contributed by atoms with E-state index >= 15 is 0 Å². The lowest BCUT2D eigenvalue weighted by Gasteiger charge is -2.33. The minimum atomic E-state index is -3.00. The molecule has 2 aliphatic rings. The van der Waals surface area contributed by atoms with Gasteiger partial charge in [0.2, 0.25) is 5.91 Å². The highest BCUT2D eigenvalue weighted by atomic mass is 32.2. The number of nitrogens with one attached hydrogen (secondary N) is 2. The first-order chi connectivity index (χ1) is 11.7. The van der Waals surface area contributed by atoms with Gasteiger partial charge < -0.3 is 15.5 Å². The van der Waals surface area contributed by atoms with Crippen molar-refractivity contribution in [3.05, 3.63) is 5.82 Å². The van der Waals surface area contributed by atoms with E-state index in [1.165, 1.54) is 0 Å². The number of amides is 1. The third-order valence-electron chi connectivity index (χ3n) is 5.13. The predicted molar refractivity (Wildman–Crippen MR) is 97.7 cm³/mol. The fraction of sp³-hybridized carbons (Fsp3) is 0.688. The molecule has 1 fully saturated rings. The molecular formula is C16H25N5O3S. The quantitative estimate of drug-likeness (QED) is 0.823. The highest BCUT2D eigenvalue weighted by Gasteiger charge is 2.36. The van der Waals surface area contributed by atoms with Crippen LogP contribution in [0.1, 0.15) is 32.5 Å². The zero-order chi connectivity index (χ0) is 18.4. The molecule has 8 nitrogen and oxygen atoms in total. The number of aryl methyl sites for hydroxylation is 1. The second-order valence-electron chi connectivity index (χ2n) is 6.98. The molecule has 0 bridgehead atoms. The number of fused-ring (bicyclic) bond motifs is 1. The number of hydrogen-bond acceptors (Lipinski definition) is 7. The maximum atomic E-state index is 12.5. The van der Waals surface area contributed by atoms with E-state index in [4.69, 9.17) is 0 Å². The fourth-order valence-electron chi connectivity index (χ4n) is 3.34. The Morgan fingerprint density at radius 1 is 1.36 bits per heavy atom. The standard InChI is InChI=1S/C16H25N5O3S/c1-5-9(2)12-16(22)20-13-14(19-12)17-10(3)18-15(13)21(4)11-6-7-25(23,24)8-11/h9,11-12H,5-8H2,1-4H3,(H,20,22)(H,17,18,19). The lowest BCUT2D eigenvalue weighted by molar-refractivity contribution is -0.118. The van der Waals surface area contributed by atoms with Crippen LogP contribution in [0.15, 0.2) is 0 Å². The highest BCUT2D eigenvalue weighted by Crippen LogP contribution is 2.36. The van der Waals surface area contributed by atoms with Crippen LogP contribution < -0.4 is 15.5 Å². The smallest absolute Gasteiger partial charge is 0.247 e. The molecule has 0 spiro atoms. The third kappa shape index (κ3) is 3.42. The van der Waals surface area contributed by atoms with E-state index in [0.717, 1.165) is 6.42 Å². The number of carbonyl (C=O) groups excluding carboxylic acids is 1. The van der Waals surface area contributed by atoms with Crippen molar-refractivity contribution in [2.45, 2.75) is 45.7 Å². The molecule has 3 unspecified atom stereocenters. The van der Waals surface area contributed by atoms with E-state index in [1.807, 2.05) is 25.8 Å². The Morgan fingerprint density at radius 2 is 2.08 bits per heavy atom. The molecule has 138 valence electrons. The van der Waals surface area contributed by atoms with E-state index in [2.05, 4.69) is 20.6 Å². The summed E-state index contributed by atoms with van der Waals surface area (Å²) in [6, 6.07) is -0.482. The third-order valence-corrected chi connectivity index (χ3v) is 6.88. The lowest BCUT2D eigenvalue weighted by Crippen LogP contribution is -2.44. The molecule has 3 heterocycles. The molecule has 2 aliphatic heterocycles. The van der Waals surface area contributed by atoms with Gasteiger partial charge in [0.15, 0.2) is 21.5 Å². The highest BCUT2D eigenvalue weighted by molar-refractivity contribution is 7.91. The molecule has 25 heavy (non-hydrogen) atoms. The summed E-state index contributed by atoms with van der Waals surface area (Å²) >= 11 is 0. The Morgan fingerprint density at radius 3 is 2.68 bits per heavy atom. The second-order valence-corrected chi connectivity index (χ2v) is 9.21. The van der Waals surface area contributed by atoms with Gasteiger partial charge in [0, 0.05) is 13.1 Å². The van der Waals surface area contributed by atoms with Crippen LogP contribution in [0.25, 0.3) is 0 Å². The topological polar surface area (TPSA) is 104 Å². The van der Waals surface area contributed by atoms with Crippen molar-refractivity contribution in [1.82, 2.24) is 9.97 Å². The molecule has 1 aromatic heterocycles. The maximum absolute atomic E-state index is 12.5. The Hall–Kier alpha value is -1.90. The molecule has 1 amide bonds. The average molecular weight is 367 g/mol. The monoisotopic (exact) mass is 367 g/mol. The lowest BCUT2D eigenvalue weighted by atomic mass is 9.97. The minimum Gasteiger partial charge on any atom is -0.356 e. The molecule has 0 aliphatic carbocycles. The van der Waals surface area contributed by atoms with Crippen molar-refractivity contribution in [3.63, 3.8) is 0 Å². The second kappa shape index (κ2) is 6.44. The predicted octanol–water partition coefficient (Wildman–Crippen LogP) is 1.19. The van der Waals surface area contributed by atoms with Crippen LogP contribution in [0, 0.1) is 12.8 Å². The summed E-state index contributed by atoms with van der Waals surface area (Å²) in [6.45, 7) is 5.85. The fourth-order valence-corrected chi connectivity index (χ4v) is 5.11. The van der Waals surface area contributed by atoms with E-state index in [0.29, 0.717) is 29.6 Å². The van der Waals surface area contributed by atoms with Crippen molar-refractivity contribution in [2.75, 3.05) is 34.1 Å². The molecule has 0 saturated carbocycles. The zero-order valence-electron chi connectivity index (χ0n) is 15.0. The van der Waals surface area contributed by atoms with Crippen LogP contribution in [0.4, 0.5) is 17.3 Å². The Bertz CT molecular complexity index is 795. The summed E-state index contributed by atoms with van der Waals surface area (Å²) in [5.74, 6) is 2.10. The maximum Gasteiger partial charge on any atom is 0.247 e. The first-order valence-electron chi connectivity index (χ1n) is 8.61. The Balaban J connectivity index is 1.95. The van der Waals surface area contributed by atoms with Crippen molar-refractivity contribution in [3.8, 4) is 0 Å². The van der Waals surface area contributed by atoms with E-state index in [9.17, 15) is 13.2 Å². The first-order valence-corrected chi connectivity index (χ1v) is 10.4. The van der Waals surface area contributed by atoms with Gasteiger partial charge in [-0.25, -0.2) is 18.4 Å². The summed E-state index contributed by atoms with van der Waals surface area (Å²) < 4.78 is 23.6. The number of hydrogen-bond donors (Lipinski definition) is 2. The van der Waals surface area contributed by atoms with Gasteiger partial charge in [-0.3, -0.25) is 4.79 Å². The molecule has 1 saturated heterocycles. The normalized spacial score (nSPS) is 25.7. The van der Waals surface area contributed by atoms with Crippen LogP contribution in [0.3, 0.4) is 0 Å². The molecule has 1 aromatic rings. The van der Waals surface area contributed by atoms with Crippen LogP contribution in [-0.2, 0) is 14.6 Å². The van der Waals surface area contributed by atoms with Gasteiger partial charge in [0.1, 0.15) is 17.6 Å². The Kier molecular flexibility index (Phi) is 4.61. The van der Waals surface area contributed by atoms with Gasteiger partial charge in [0.05, 0.1) is 11.5 Å². The number of anilines is 3. The molecular weight excluding hydrogens is 342 g/mol. The van der Waals surface area contributed by atoms with Gasteiger partial charge in [-0.15, -0.1) is 0 Å². The van der Waals surface area contributed by atoms with Gasteiger partial charge >= 0.3 is 0 Å². The molecule has 9 heteroatoms. The van der Waals surface area contributed by atoms with Gasteiger partial charge in [-0.1, -0.05) is 20.3 Å². The number of carbonyl (C=O) groups is 1. The first kappa shape index (κ1) is 17.9. The SMILES string of the molecule is CCC(C)C1Nc2nc(C)nc(N(C)C3CCS(=O)(=O)C3)c2NC1=O. The van der Waals surface area contributed by atoms with Gasteiger partial charge in [-0.05, 0) is 19.3 Å². The van der Waals surface area contributed by atoms with Gasteiger partial charge in [0.25, 0.3) is 0 Å². The largest absolute Gasteiger partial charge is 0.356 e. The summed E-state index contributed by atoms with van der Waals surface area (Å²) in [5.41, 5.74) is 0.530. The van der Waals surface area contributed by atoms with Crippen molar-refractivity contribution < 1.29 is 13.2 Å². The van der Waals surface area contributed by atoms with Crippen LogP contribution in [0.5, 0.6) is 0 Å². The minimum absolute atomic E-state index is 0.108. The van der Waals surface area contributed by atoms with Crippen molar-refractivity contribution in [1.29, 1.82) is 0 Å². The van der Waals surface area contributed by atoms with E-state index in [-0.39, 0.29) is 35.4 Å². The average Bonchev–Trinajstić information content (AvgIpc) is 2.92. The number of sulfone groups is 1. The number of rotatable bonds is 4. The molecule has 0 aromatic carbocycles. The Labute approximate surface area is 148 Å². The van der Waals surface area contributed by atoms with Crippen molar-refractivity contribution >= 4 is 33.1 Å². The van der Waals surface area contributed by atoms with Gasteiger partial charge in [-0.2, -0.15) is 0 Å². The molecule has 2 N–H and O–H groups in total. The summed E-state index contributed by atoms with van der Waals surface area (Å²) in [6.07, 6.45) is 1.44. The van der Waals surface area contributed by atoms with E-state index < -0.39 is 9.84 Å². The number of aromatic nitrogens is 2.